The summed E-state index contributed by atoms with van der Waals surface area (Å²) in [6.07, 6.45) is 4.46. The van der Waals surface area contributed by atoms with E-state index in [1.165, 1.54) is 0 Å². The maximum atomic E-state index is 5.34. The van der Waals surface area contributed by atoms with Crippen LogP contribution in [0.3, 0.4) is 0 Å². The van der Waals surface area contributed by atoms with Gasteiger partial charge in [-0.05, 0) is 6.42 Å². The number of epoxide rings is 2. The van der Waals surface area contributed by atoms with Crippen molar-refractivity contribution in [3.05, 3.63) is 12.7 Å². The van der Waals surface area contributed by atoms with Crippen molar-refractivity contribution in [3.63, 3.8) is 0 Å². The van der Waals surface area contributed by atoms with E-state index in [1.54, 1.807) is 0 Å². The van der Waals surface area contributed by atoms with Gasteiger partial charge in [0.15, 0.2) is 0 Å². The first kappa shape index (κ1) is 6.38. The molecule has 2 heterocycles. The van der Waals surface area contributed by atoms with Gasteiger partial charge in [-0.3, -0.25) is 0 Å². The molecule has 0 N–H and O–H groups in total. The smallest absolute Gasteiger partial charge is 0.0976 e. The maximum Gasteiger partial charge on any atom is 0.0976 e. The molecule has 0 radical (unpaired) electrons. The summed E-state index contributed by atoms with van der Waals surface area (Å²) < 4.78 is 10.5. The molecule has 2 aliphatic rings. The van der Waals surface area contributed by atoms with E-state index in [1.807, 2.05) is 6.08 Å². The Kier molecular flexibility index (Phi) is 1.32. The fourth-order valence-corrected chi connectivity index (χ4v) is 1.28. The molecule has 10 heavy (non-hydrogen) atoms. The average molecular weight is 140 g/mol. The van der Waals surface area contributed by atoms with E-state index in [0.29, 0.717) is 6.10 Å². The van der Waals surface area contributed by atoms with Crippen LogP contribution in [-0.4, -0.2) is 24.9 Å². The van der Waals surface area contributed by atoms with Gasteiger partial charge in [0.05, 0.1) is 24.9 Å². The molecule has 0 aromatic heterocycles. The molecular formula is C8H12O2. The van der Waals surface area contributed by atoms with Crippen molar-refractivity contribution in [2.75, 3.05) is 13.2 Å². The molecule has 0 aromatic carbocycles. The lowest BCUT2D eigenvalue weighted by atomic mass is 10.0. The van der Waals surface area contributed by atoms with E-state index >= 15 is 0 Å². The Morgan fingerprint density at radius 3 is 2.80 bits per heavy atom. The molecule has 2 fully saturated rings. The van der Waals surface area contributed by atoms with Gasteiger partial charge in [0.1, 0.15) is 0 Å². The Bertz CT molecular complexity index is 145. The van der Waals surface area contributed by atoms with Crippen molar-refractivity contribution in [1.82, 2.24) is 0 Å². The van der Waals surface area contributed by atoms with Gasteiger partial charge in [0, 0.05) is 6.42 Å². The summed E-state index contributed by atoms with van der Waals surface area (Å²) in [5.74, 6) is 0. The fraction of sp³-hybridized carbons (Fsp3) is 0.750. The molecular weight excluding hydrogens is 128 g/mol. The van der Waals surface area contributed by atoms with Crippen molar-refractivity contribution >= 4 is 0 Å². The zero-order valence-electron chi connectivity index (χ0n) is 6.01. The summed E-state index contributed by atoms with van der Waals surface area (Å²) in [6, 6.07) is 0. The molecule has 2 rings (SSSR count). The highest BCUT2D eigenvalue weighted by Gasteiger charge is 2.47. The molecule has 2 atom stereocenters. The van der Waals surface area contributed by atoms with Crippen molar-refractivity contribution < 1.29 is 9.47 Å². The third kappa shape index (κ3) is 1.22. The largest absolute Gasteiger partial charge is 0.373 e. The lowest BCUT2D eigenvalue weighted by Gasteiger charge is -2.04. The van der Waals surface area contributed by atoms with Crippen LogP contribution in [-0.2, 0) is 9.47 Å². The van der Waals surface area contributed by atoms with Gasteiger partial charge in [-0.25, -0.2) is 0 Å². The Labute approximate surface area is 60.8 Å². The molecule has 2 saturated heterocycles. The molecule has 2 heteroatoms. The predicted octanol–water partition coefficient (Wildman–Crippen LogP) is 1.12. The van der Waals surface area contributed by atoms with E-state index in [2.05, 4.69) is 6.58 Å². The monoisotopic (exact) mass is 140 g/mol. The topological polar surface area (TPSA) is 25.1 Å². The highest BCUT2D eigenvalue weighted by Crippen LogP contribution is 2.39. The second-order valence-electron chi connectivity index (χ2n) is 3.12. The first-order chi connectivity index (χ1) is 4.85. The van der Waals surface area contributed by atoms with E-state index in [4.69, 9.17) is 9.47 Å². The molecule has 0 bridgehead atoms. The van der Waals surface area contributed by atoms with Crippen LogP contribution in [0.25, 0.3) is 0 Å². The molecule has 2 aliphatic heterocycles. The van der Waals surface area contributed by atoms with Crippen molar-refractivity contribution in [2.24, 2.45) is 0 Å². The third-order valence-corrected chi connectivity index (χ3v) is 2.07. The van der Waals surface area contributed by atoms with E-state index in [-0.39, 0.29) is 5.60 Å². The zero-order chi connectivity index (χ0) is 7.03. The van der Waals surface area contributed by atoms with Gasteiger partial charge < -0.3 is 9.47 Å². The number of rotatable bonds is 4. The highest BCUT2D eigenvalue weighted by molar-refractivity contribution is 5.00. The molecule has 56 valence electrons. The van der Waals surface area contributed by atoms with Crippen LogP contribution >= 0.6 is 0 Å². The summed E-state index contributed by atoms with van der Waals surface area (Å²) in [5.41, 5.74) is 0.142. The van der Waals surface area contributed by atoms with E-state index in [9.17, 15) is 0 Å². The number of hydrogen-bond donors (Lipinski definition) is 0. The van der Waals surface area contributed by atoms with Gasteiger partial charge in [0.2, 0.25) is 0 Å². The summed E-state index contributed by atoms with van der Waals surface area (Å²) in [7, 11) is 0. The lowest BCUT2D eigenvalue weighted by molar-refractivity contribution is 0.261. The molecule has 0 aromatic rings. The molecule has 0 aliphatic carbocycles. The summed E-state index contributed by atoms with van der Waals surface area (Å²) in [6.45, 7) is 5.53. The van der Waals surface area contributed by atoms with Gasteiger partial charge in [-0.15, -0.1) is 6.58 Å². The second-order valence-corrected chi connectivity index (χ2v) is 3.12. The fourth-order valence-electron chi connectivity index (χ4n) is 1.28. The zero-order valence-corrected chi connectivity index (χ0v) is 6.01. The minimum atomic E-state index is 0.142. The Hall–Kier alpha value is -0.340. The minimum absolute atomic E-state index is 0.142. The molecule has 0 spiro atoms. The molecule has 2 nitrogen and oxygen atoms in total. The van der Waals surface area contributed by atoms with Gasteiger partial charge in [-0.2, -0.15) is 0 Å². The third-order valence-electron chi connectivity index (χ3n) is 2.07. The van der Waals surface area contributed by atoms with Gasteiger partial charge in [0.25, 0.3) is 0 Å². The van der Waals surface area contributed by atoms with Crippen LogP contribution in [0, 0.1) is 0 Å². The van der Waals surface area contributed by atoms with Crippen LogP contribution in [0.15, 0.2) is 12.7 Å². The van der Waals surface area contributed by atoms with Crippen LogP contribution < -0.4 is 0 Å². The van der Waals surface area contributed by atoms with Crippen molar-refractivity contribution in [1.29, 1.82) is 0 Å². The quantitative estimate of drug-likeness (QED) is 0.432. The van der Waals surface area contributed by atoms with Crippen LogP contribution in [0.4, 0.5) is 0 Å². The SMILES string of the molecule is C=CCC1(CC2CO2)CO1. The van der Waals surface area contributed by atoms with Crippen LogP contribution in [0.2, 0.25) is 0 Å². The normalized spacial score (nSPS) is 43.0. The summed E-state index contributed by atoms with van der Waals surface area (Å²) >= 11 is 0. The molecule has 2 unspecified atom stereocenters. The number of hydrogen-bond acceptors (Lipinski definition) is 2. The van der Waals surface area contributed by atoms with Crippen LogP contribution in [0.1, 0.15) is 12.8 Å². The lowest BCUT2D eigenvalue weighted by Crippen LogP contribution is -2.12. The first-order valence-corrected chi connectivity index (χ1v) is 3.71. The maximum absolute atomic E-state index is 5.34. The Morgan fingerprint density at radius 2 is 2.40 bits per heavy atom. The average Bonchev–Trinajstić information content (AvgIpc) is 2.73. The first-order valence-electron chi connectivity index (χ1n) is 3.71. The number of ether oxygens (including phenoxy) is 2. The van der Waals surface area contributed by atoms with E-state index < -0.39 is 0 Å². The van der Waals surface area contributed by atoms with E-state index in [0.717, 1.165) is 26.1 Å². The van der Waals surface area contributed by atoms with Gasteiger partial charge >= 0.3 is 0 Å². The minimum Gasteiger partial charge on any atom is -0.373 e. The van der Waals surface area contributed by atoms with Crippen molar-refractivity contribution in [3.8, 4) is 0 Å². The van der Waals surface area contributed by atoms with Crippen LogP contribution in [0.5, 0.6) is 0 Å². The predicted molar refractivity (Wildman–Crippen MR) is 37.9 cm³/mol. The standard InChI is InChI=1S/C8H12O2/c1-2-3-8(6-10-8)4-7-5-9-7/h2,7H,1,3-6H2. The van der Waals surface area contributed by atoms with Gasteiger partial charge in [-0.1, -0.05) is 6.08 Å². The molecule has 0 amide bonds. The Balaban J connectivity index is 1.81. The summed E-state index contributed by atoms with van der Waals surface area (Å²) in [5, 5.41) is 0. The molecule has 0 saturated carbocycles. The summed E-state index contributed by atoms with van der Waals surface area (Å²) in [4.78, 5) is 0. The highest BCUT2D eigenvalue weighted by atomic mass is 16.6. The Morgan fingerprint density at radius 1 is 1.70 bits per heavy atom. The second kappa shape index (κ2) is 2.07. The van der Waals surface area contributed by atoms with Crippen molar-refractivity contribution in [2.45, 2.75) is 24.5 Å².